The van der Waals surface area contributed by atoms with E-state index in [0.29, 0.717) is 12.8 Å². The Hall–Kier alpha value is -3.35. The first-order valence-corrected chi connectivity index (χ1v) is 11.2. The summed E-state index contributed by atoms with van der Waals surface area (Å²) in [6, 6.07) is 15.7. The summed E-state index contributed by atoms with van der Waals surface area (Å²) in [6.45, 7) is -0.0787. The Labute approximate surface area is 187 Å². The quantitative estimate of drug-likeness (QED) is 0.599. The molecule has 0 radical (unpaired) electrons. The van der Waals surface area contributed by atoms with E-state index in [1.807, 2.05) is 36.4 Å². The number of fused-ring (bicyclic) bond motifs is 3. The monoisotopic (exact) mass is 436 g/mol. The van der Waals surface area contributed by atoms with Gasteiger partial charge in [-0.05, 0) is 35.1 Å². The third-order valence-corrected chi connectivity index (χ3v) is 6.42. The fraction of sp³-hybridized carbons (Fsp3) is 0.400. The Balaban J connectivity index is 1.29. The van der Waals surface area contributed by atoms with Crippen LogP contribution < -0.4 is 10.6 Å². The van der Waals surface area contributed by atoms with E-state index in [1.54, 1.807) is 0 Å². The minimum Gasteiger partial charge on any atom is -0.481 e. The van der Waals surface area contributed by atoms with Gasteiger partial charge in [0.25, 0.3) is 0 Å². The molecule has 2 atom stereocenters. The molecule has 1 saturated carbocycles. The largest absolute Gasteiger partial charge is 0.481 e. The van der Waals surface area contributed by atoms with Crippen LogP contribution in [0.1, 0.15) is 49.1 Å². The number of aliphatic carboxylic acids is 1. The average molecular weight is 437 g/mol. The molecule has 2 unspecified atom stereocenters. The number of hydrogen-bond donors (Lipinski definition) is 3. The topological polar surface area (TPSA) is 105 Å². The van der Waals surface area contributed by atoms with Crippen LogP contribution in [0.3, 0.4) is 0 Å². The summed E-state index contributed by atoms with van der Waals surface area (Å²) in [5, 5.41) is 14.7. The van der Waals surface area contributed by atoms with Gasteiger partial charge in [-0.15, -0.1) is 0 Å². The lowest BCUT2D eigenvalue weighted by Crippen LogP contribution is -2.46. The molecule has 32 heavy (non-hydrogen) atoms. The van der Waals surface area contributed by atoms with E-state index in [9.17, 15) is 19.5 Å². The molecule has 4 rings (SSSR count). The molecule has 2 amide bonds. The third-order valence-electron chi connectivity index (χ3n) is 6.42. The van der Waals surface area contributed by atoms with Gasteiger partial charge in [0.2, 0.25) is 5.91 Å². The van der Waals surface area contributed by atoms with Crippen LogP contribution in [-0.4, -0.2) is 42.3 Å². The maximum Gasteiger partial charge on any atom is 0.407 e. The van der Waals surface area contributed by atoms with Crippen LogP contribution in [0.25, 0.3) is 11.1 Å². The molecule has 0 bridgehead atoms. The van der Waals surface area contributed by atoms with Crippen LogP contribution in [0, 0.1) is 5.92 Å². The van der Waals surface area contributed by atoms with Crippen molar-refractivity contribution in [3.05, 3.63) is 59.7 Å². The predicted octanol–water partition coefficient (Wildman–Crippen LogP) is 3.67. The molecule has 1 fully saturated rings. The zero-order chi connectivity index (χ0) is 22.5. The van der Waals surface area contributed by atoms with E-state index < -0.39 is 29.9 Å². The molecule has 0 spiro atoms. The lowest BCUT2D eigenvalue weighted by Gasteiger charge is -2.23. The molecule has 2 aliphatic rings. The van der Waals surface area contributed by atoms with Gasteiger partial charge in [-0.25, -0.2) is 4.79 Å². The van der Waals surface area contributed by atoms with Crippen molar-refractivity contribution in [2.24, 2.45) is 5.92 Å². The summed E-state index contributed by atoms with van der Waals surface area (Å²) < 4.78 is 5.44. The molecular weight excluding hydrogens is 408 g/mol. The Morgan fingerprint density at radius 2 is 1.53 bits per heavy atom. The van der Waals surface area contributed by atoms with Crippen molar-refractivity contribution in [2.75, 3.05) is 13.2 Å². The first-order valence-electron chi connectivity index (χ1n) is 11.2. The zero-order valence-electron chi connectivity index (χ0n) is 17.9. The lowest BCUT2D eigenvalue weighted by molar-refractivity contribution is -0.143. The van der Waals surface area contributed by atoms with Crippen molar-refractivity contribution in [2.45, 2.75) is 44.1 Å². The van der Waals surface area contributed by atoms with Crippen LogP contribution in [0.15, 0.2) is 48.5 Å². The van der Waals surface area contributed by atoms with Crippen LogP contribution in [0.4, 0.5) is 4.79 Å². The number of hydrogen-bond acceptors (Lipinski definition) is 4. The first-order chi connectivity index (χ1) is 15.5. The Kier molecular flexibility index (Phi) is 6.73. The average Bonchev–Trinajstić information content (AvgIpc) is 2.92. The minimum absolute atomic E-state index is 0.0516. The SMILES string of the molecule is O=C(CNC(=O)OCC1c2ccccc2-c2ccccc21)NC1CCCCCC1C(=O)O. The number of ether oxygens (including phenoxy) is 1. The molecule has 168 valence electrons. The lowest BCUT2D eigenvalue weighted by atomic mass is 9.95. The molecule has 2 aromatic carbocycles. The smallest absolute Gasteiger partial charge is 0.407 e. The van der Waals surface area contributed by atoms with Gasteiger partial charge in [0.15, 0.2) is 0 Å². The molecule has 0 aromatic heterocycles. The van der Waals surface area contributed by atoms with E-state index in [2.05, 4.69) is 22.8 Å². The normalized spacial score (nSPS) is 19.9. The van der Waals surface area contributed by atoms with Crippen molar-refractivity contribution >= 4 is 18.0 Å². The van der Waals surface area contributed by atoms with Gasteiger partial charge in [0.05, 0.1) is 5.92 Å². The van der Waals surface area contributed by atoms with Crippen molar-refractivity contribution in [3.63, 3.8) is 0 Å². The van der Waals surface area contributed by atoms with E-state index in [-0.39, 0.29) is 19.1 Å². The van der Waals surface area contributed by atoms with E-state index in [4.69, 9.17) is 4.74 Å². The molecule has 0 saturated heterocycles. The number of carboxylic acid groups (broad SMARTS) is 1. The molecule has 7 nitrogen and oxygen atoms in total. The standard InChI is InChI=1S/C25H28N2O5/c28-23(27-22-13-3-1-2-12-20(22)24(29)30)14-26-25(31)32-15-21-18-10-6-4-8-16(18)17-9-5-7-11-19(17)21/h4-11,20-22H,1-3,12-15H2,(H,26,31)(H,27,28)(H,29,30). The molecule has 3 N–H and O–H groups in total. The molecule has 2 aromatic rings. The number of amides is 2. The van der Waals surface area contributed by atoms with Crippen molar-refractivity contribution in [1.82, 2.24) is 10.6 Å². The van der Waals surface area contributed by atoms with Crippen molar-refractivity contribution < 1.29 is 24.2 Å². The van der Waals surface area contributed by atoms with Gasteiger partial charge in [0.1, 0.15) is 13.2 Å². The van der Waals surface area contributed by atoms with Crippen LogP contribution >= 0.6 is 0 Å². The van der Waals surface area contributed by atoms with Gasteiger partial charge in [-0.2, -0.15) is 0 Å². The highest BCUT2D eigenvalue weighted by Crippen LogP contribution is 2.44. The van der Waals surface area contributed by atoms with Gasteiger partial charge in [0, 0.05) is 12.0 Å². The molecule has 0 aliphatic heterocycles. The van der Waals surface area contributed by atoms with Gasteiger partial charge in [-0.3, -0.25) is 9.59 Å². The predicted molar refractivity (Wildman–Crippen MR) is 119 cm³/mol. The second-order valence-corrected chi connectivity index (χ2v) is 8.44. The third kappa shape index (κ3) is 4.77. The highest BCUT2D eigenvalue weighted by molar-refractivity contribution is 5.83. The summed E-state index contributed by atoms with van der Waals surface area (Å²) in [5.41, 5.74) is 4.53. The van der Waals surface area contributed by atoms with E-state index in [1.165, 1.54) is 0 Å². The Morgan fingerprint density at radius 3 is 2.19 bits per heavy atom. The molecule has 2 aliphatic carbocycles. The highest BCUT2D eigenvalue weighted by atomic mass is 16.5. The van der Waals surface area contributed by atoms with Gasteiger partial charge >= 0.3 is 12.1 Å². The summed E-state index contributed by atoms with van der Waals surface area (Å²) in [6.07, 6.45) is 3.22. The summed E-state index contributed by atoms with van der Waals surface area (Å²) >= 11 is 0. The van der Waals surface area contributed by atoms with Crippen molar-refractivity contribution in [1.29, 1.82) is 0 Å². The maximum atomic E-state index is 12.3. The van der Waals surface area contributed by atoms with Gasteiger partial charge < -0.3 is 20.5 Å². The summed E-state index contributed by atoms with van der Waals surface area (Å²) in [5.74, 6) is -1.93. The fourth-order valence-corrected chi connectivity index (χ4v) is 4.84. The Morgan fingerprint density at radius 1 is 0.906 bits per heavy atom. The number of carbonyl (C=O) groups is 3. The molecular formula is C25H28N2O5. The highest BCUT2D eigenvalue weighted by Gasteiger charge is 2.31. The number of nitrogens with one attached hydrogen (secondary N) is 2. The second-order valence-electron chi connectivity index (χ2n) is 8.44. The second kappa shape index (κ2) is 9.85. The summed E-state index contributed by atoms with van der Waals surface area (Å²) in [4.78, 5) is 36.1. The Bertz CT molecular complexity index is 960. The number of benzene rings is 2. The van der Waals surface area contributed by atoms with E-state index >= 15 is 0 Å². The first kappa shape index (κ1) is 21.9. The number of carbonyl (C=O) groups excluding carboxylic acids is 2. The van der Waals surface area contributed by atoms with Crippen LogP contribution in [-0.2, 0) is 14.3 Å². The molecule has 7 heteroatoms. The molecule has 0 heterocycles. The maximum absolute atomic E-state index is 12.3. The fourth-order valence-electron chi connectivity index (χ4n) is 4.84. The number of alkyl carbamates (subject to hydrolysis) is 1. The zero-order valence-corrected chi connectivity index (χ0v) is 17.9. The van der Waals surface area contributed by atoms with E-state index in [0.717, 1.165) is 41.5 Å². The summed E-state index contributed by atoms with van der Waals surface area (Å²) in [7, 11) is 0. The number of carboxylic acids is 1. The van der Waals surface area contributed by atoms with Crippen LogP contribution in [0.2, 0.25) is 0 Å². The number of rotatable bonds is 6. The minimum atomic E-state index is -0.887. The van der Waals surface area contributed by atoms with Crippen LogP contribution in [0.5, 0.6) is 0 Å². The van der Waals surface area contributed by atoms with Gasteiger partial charge in [-0.1, -0.05) is 67.8 Å². The van der Waals surface area contributed by atoms with Crippen molar-refractivity contribution in [3.8, 4) is 11.1 Å².